The van der Waals surface area contributed by atoms with Gasteiger partial charge < -0.3 is 14.7 Å². The molecule has 0 aliphatic carbocycles. The zero-order chi connectivity index (χ0) is 44.1. The van der Waals surface area contributed by atoms with Crippen molar-refractivity contribution in [3.8, 4) is 0 Å². The van der Waals surface area contributed by atoms with Crippen LogP contribution < -0.4 is 0 Å². The number of Topliss-reactive ketones (excluding diaryl/α,β-unsaturated/α-hetero) is 1. The summed E-state index contributed by atoms with van der Waals surface area (Å²) >= 11 is 0. The number of nitrogens with zero attached hydrogens (tertiary/aromatic N) is 4. The van der Waals surface area contributed by atoms with Crippen LogP contribution in [0.5, 0.6) is 0 Å². The van der Waals surface area contributed by atoms with Gasteiger partial charge in [-0.25, -0.2) is 0 Å². The summed E-state index contributed by atoms with van der Waals surface area (Å²) in [5.74, 6) is 0.825. The largest absolute Gasteiger partial charge is 0.302 e. The molecule has 0 unspecified atom stereocenters. The third kappa shape index (κ3) is 37.4. The molecule has 0 radical (unpaired) electrons. The summed E-state index contributed by atoms with van der Waals surface area (Å²) in [7, 11) is 0. The third-order valence-electron chi connectivity index (χ3n) is 14.3. The first-order valence-corrected chi connectivity index (χ1v) is 28.5. The van der Waals surface area contributed by atoms with Gasteiger partial charge in [0.05, 0.1) is 6.54 Å². The maximum Gasteiger partial charge on any atom is 0.149 e. The van der Waals surface area contributed by atoms with Crippen LogP contribution in [0.3, 0.4) is 0 Å². The lowest BCUT2D eigenvalue weighted by atomic mass is 9.92. The van der Waals surface area contributed by atoms with Crippen LogP contribution in [0, 0.1) is 5.92 Å². The minimum Gasteiger partial charge on any atom is -0.302 e. The maximum atomic E-state index is 13.8. The molecule has 1 saturated heterocycles. The Bertz CT molecular complexity index is 839. The molecule has 0 aromatic heterocycles. The second-order valence-electron chi connectivity index (χ2n) is 20.1. The molecule has 0 bridgehead atoms. The van der Waals surface area contributed by atoms with Crippen molar-refractivity contribution < 1.29 is 4.79 Å². The Morgan fingerprint density at radius 2 is 0.607 bits per heavy atom. The average Bonchev–Trinajstić information content (AvgIpc) is 3.27. The van der Waals surface area contributed by atoms with Gasteiger partial charge in [-0.2, -0.15) is 0 Å². The number of hydrogen-bond acceptors (Lipinski definition) is 5. The molecule has 61 heavy (non-hydrogen) atoms. The van der Waals surface area contributed by atoms with Crippen molar-refractivity contribution >= 4 is 5.78 Å². The quantitative estimate of drug-likeness (QED) is 0.0569. The van der Waals surface area contributed by atoms with E-state index in [4.69, 9.17) is 0 Å². The van der Waals surface area contributed by atoms with E-state index < -0.39 is 0 Å². The highest BCUT2D eigenvalue weighted by atomic mass is 16.1. The molecule has 0 aromatic rings. The number of piperidine rings is 1. The Morgan fingerprint density at radius 3 is 0.918 bits per heavy atom. The summed E-state index contributed by atoms with van der Waals surface area (Å²) in [6.07, 6.45) is 50.4. The van der Waals surface area contributed by atoms with E-state index in [-0.39, 0.29) is 5.92 Å². The summed E-state index contributed by atoms with van der Waals surface area (Å²) in [5, 5.41) is 0. The fourth-order valence-electron chi connectivity index (χ4n) is 9.80. The highest BCUT2D eigenvalue weighted by molar-refractivity contribution is 5.83. The predicted molar refractivity (Wildman–Crippen MR) is 273 cm³/mol. The smallest absolute Gasteiger partial charge is 0.149 e. The second-order valence-corrected chi connectivity index (χ2v) is 20.1. The number of ketones is 1. The van der Waals surface area contributed by atoms with E-state index in [0.29, 0.717) is 12.3 Å². The highest BCUT2D eigenvalue weighted by Gasteiger charge is 2.26. The Kier molecular flexibility index (Phi) is 44.2. The molecule has 1 fully saturated rings. The Labute approximate surface area is 385 Å². The Hall–Kier alpha value is -0.490. The van der Waals surface area contributed by atoms with Gasteiger partial charge in [-0.05, 0) is 90.8 Å². The SMILES string of the molecule is CCCCCCCCCN(CCCCCCCCC)CCN(CCCCCCCCC)CCN1CCC(C(=O)CN(CCCCCCCCC)CCCCCCCCC)CC1. The van der Waals surface area contributed by atoms with Gasteiger partial charge >= 0.3 is 0 Å². The molecule has 0 spiro atoms. The van der Waals surface area contributed by atoms with E-state index in [0.717, 1.165) is 39.0 Å². The van der Waals surface area contributed by atoms with Crippen molar-refractivity contribution in [3.63, 3.8) is 0 Å². The first-order chi connectivity index (χ1) is 30.1. The molecule has 0 N–H and O–H groups in total. The molecule has 0 saturated carbocycles. The number of unbranched alkanes of at least 4 members (excludes halogenated alkanes) is 30. The number of hydrogen-bond donors (Lipinski definition) is 0. The lowest BCUT2D eigenvalue weighted by molar-refractivity contribution is -0.125. The third-order valence-corrected chi connectivity index (χ3v) is 14.3. The summed E-state index contributed by atoms with van der Waals surface area (Å²) in [6, 6.07) is 0. The van der Waals surface area contributed by atoms with Gasteiger partial charge in [-0.1, -0.05) is 227 Å². The summed E-state index contributed by atoms with van der Waals surface area (Å²) in [5.41, 5.74) is 0. The van der Waals surface area contributed by atoms with Crippen LogP contribution in [-0.4, -0.2) is 104 Å². The van der Waals surface area contributed by atoms with Crippen molar-refractivity contribution in [1.29, 1.82) is 0 Å². The second kappa shape index (κ2) is 46.1. The van der Waals surface area contributed by atoms with Crippen LogP contribution in [0.4, 0.5) is 0 Å². The van der Waals surface area contributed by atoms with E-state index in [2.05, 4.69) is 54.2 Å². The monoisotopic (exact) mass is 859 g/mol. The molecular weight excluding hydrogens is 745 g/mol. The topological polar surface area (TPSA) is 30.0 Å². The van der Waals surface area contributed by atoms with Crippen molar-refractivity contribution in [3.05, 3.63) is 0 Å². The molecule has 5 heteroatoms. The standard InChI is InChI=1S/C56H114N4O/c1-6-11-16-21-26-31-36-43-57(44-37-32-27-22-17-12-7-2)50-51-58(45-38-33-28-23-18-13-8-3)52-53-59-48-41-55(42-49-59)56(61)54-60(46-39-34-29-24-19-14-9-4)47-40-35-30-25-20-15-10-5/h55H,6-54H2,1-5H3. The molecule has 5 nitrogen and oxygen atoms in total. The van der Waals surface area contributed by atoms with Crippen molar-refractivity contribution in [1.82, 2.24) is 19.6 Å². The zero-order valence-corrected chi connectivity index (χ0v) is 42.9. The Balaban J connectivity index is 2.69. The van der Waals surface area contributed by atoms with E-state index in [1.165, 1.54) is 271 Å². The molecule has 364 valence electrons. The van der Waals surface area contributed by atoms with Crippen LogP contribution in [-0.2, 0) is 4.79 Å². The summed E-state index contributed by atoms with van der Waals surface area (Å²) < 4.78 is 0. The number of rotatable bonds is 49. The highest BCUT2D eigenvalue weighted by Crippen LogP contribution is 2.20. The molecular formula is C56H114N4O. The number of likely N-dealkylation sites (tertiary alicyclic amines) is 1. The minimum absolute atomic E-state index is 0.275. The van der Waals surface area contributed by atoms with E-state index in [1.54, 1.807) is 0 Å². The molecule has 1 rings (SSSR count). The van der Waals surface area contributed by atoms with Crippen LogP contribution in [0.15, 0.2) is 0 Å². The lowest BCUT2D eigenvalue weighted by Gasteiger charge is -2.34. The van der Waals surface area contributed by atoms with Gasteiger partial charge in [0.25, 0.3) is 0 Å². The predicted octanol–water partition coefficient (Wildman–Crippen LogP) is 15.9. The van der Waals surface area contributed by atoms with Crippen LogP contribution >= 0.6 is 0 Å². The van der Waals surface area contributed by atoms with E-state index in [1.807, 2.05) is 0 Å². The summed E-state index contributed by atoms with van der Waals surface area (Å²) in [6.45, 7) is 25.5. The van der Waals surface area contributed by atoms with Gasteiger partial charge in [-0.15, -0.1) is 0 Å². The summed E-state index contributed by atoms with van der Waals surface area (Å²) in [4.78, 5) is 24.8. The fourth-order valence-corrected chi connectivity index (χ4v) is 9.80. The average molecular weight is 860 g/mol. The van der Waals surface area contributed by atoms with Crippen LogP contribution in [0.1, 0.15) is 272 Å². The normalized spacial score (nSPS) is 14.1. The van der Waals surface area contributed by atoms with Gasteiger partial charge in [-0.3, -0.25) is 9.69 Å². The minimum atomic E-state index is 0.275. The molecule has 1 aliphatic heterocycles. The number of carbonyl (C=O) groups excluding carboxylic acids is 1. The van der Waals surface area contributed by atoms with E-state index in [9.17, 15) is 4.79 Å². The van der Waals surface area contributed by atoms with Crippen LogP contribution in [0.25, 0.3) is 0 Å². The molecule has 1 heterocycles. The fraction of sp³-hybridized carbons (Fsp3) is 0.982. The first kappa shape index (κ1) is 58.5. The van der Waals surface area contributed by atoms with Gasteiger partial charge in [0.1, 0.15) is 5.78 Å². The molecule has 0 aromatic carbocycles. The van der Waals surface area contributed by atoms with Crippen molar-refractivity contribution in [2.75, 3.05) is 78.5 Å². The zero-order valence-electron chi connectivity index (χ0n) is 42.9. The maximum absolute atomic E-state index is 13.8. The van der Waals surface area contributed by atoms with E-state index >= 15 is 0 Å². The van der Waals surface area contributed by atoms with Crippen molar-refractivity contribution in [2.45, 2.75) is 272 Å². The first-order valence-electron chi connectivity index (χ1n) is 28.5. The van der Waals surface area contributed by atoms with Crippen molar-refractivity contribution in [2.24, 2.45) is 5.92 Å². The Morgan fingerprint density at radius 1 is 0.344 bits per heavy atom. The molecule has 1 aliphatic rings. The number of carbonyl (C=O) groups is 1. The lowest BCUT2D eigenvalue weighted by Crippen LogP contribution is -2.44. The molecule has 0 atom stereocenters. The van der Waals surface area contributed by atoms with Gasteiger partial charge in [0, 0.05) is 32.1 Å². The molecule has 0 amide bonds. The van der Waals surface area contributed by atoms with Gasteiger partial charge in [0.2, 0.25) is 0 Å². The van der Waals surface area contributed by atoms with Crippen LogP contribution in [0.2, 0.25) is 0 Å². The van der Waals surface area contributed by atoms with Gasteiger partial charge in [0.15, 0.2) is 0 Å².